The van der Waals surface area contributed by atoms with Crippen LogP contribution >= 0.6 is 0 Å². The van der Waals surface area contributed by atoms with Gasteiger partial charge >= 0.3 is 0 Å². The number of carbonyl (C=O) groups excluding carboxylic acids is 2. The average Bonchev–Trinajstić information content (AvgIpc) is 2.72. The second-order valence-electron chi connectivity index (χ2n) is 5.66. The van der Waals surface area contributed by atoms with E-state index in [4.69, 9.17) is 14.2 Å². The number of methoxy groups -OCH3 is 2. The first-order chi connectivity index (χ1) is 13.5. The smallest absolute Gasteiger partial charge is 0.251 e. The molecule has 0 aliphatic carbocycles. The minimum absolute atomic E-state index is 0.236. The van der Waals surface area contributed by atoms with Crippen LogP contribution in [0.25, 0.3) is 6.08 Å². The quantitative estimate of drug-likeness (QED) is 0.683. The zero-order valence-electron chi connectivity index (χ0n) is 16.4. The van der Waals surface area contributed by atoms with Crippen molar-refractivity contribution in [2.24, 2.45) is 0 Å². The summed E-state index contributed by atoms with van der Waals surface area (Å²) in [5.74, 6) is 1.06. The van der Waals surface area contributed by atoms with Crippen LogP contribution in [0.1, 0.15) is 22.8 Å². The highest BCUT2D eigenvalue weighted by atomic mass is 16.5. The first kappa shape index (κ1) is 20.8. The lowest BCUT2D eigenvalue weighted by Crippen LogP contribution is -2.18. The van der Waals surface area contributed by atoms with Gasteiger partial charge in [0.2, 0.25) is 5.91 Å². The highest BCUT2D eigenvalue weighted by molar-refractivity contribution is 6.03. The zero-order chi connectivity index (χ0) is 20.5. The predicted octanol–water partition coefficient (Wildman–Crippen LogP) is 3.11. The van der Waals surface area contributed by atoms with Crippen molar-refractivity contribution in [1.29, 1.82) is 0 Å². The van der Waals surface area contributed by atoms with Crippen molar-refractivity contribution < 1.29 is 23.8 Å². The molecule has 0 spiro atoms. The minimum Gasteiger partial charge on any atom is -0.495 e. The number of amides is 2. The number of hydrogen-bond donors (Lipinski definition) is 2. The monoisotopic (exact) mass is 384 g/mol. The van der Waals surface area contributed by atoms with E-state index in [9.17, 15) is 9.59 Å². The zero-order valence-corrected chi connectivity index (χ0v) is 16.4. The van der Waals surface area contributed by atoms with Gasteiger partial charge in [0.15, 0.2) is 11.5 Å². The molecule has 2 rings (SSSR count). The Bertz CT molecular complexity index is 877. The molecule has 2 N–H and O–H groups in total. The normalized spacial score (nSPS) is 10.4. The van der Waals surface area contributed by atoms with E-state index >= 15 is 0 Å². The summed E-state index contributed by atoms with van der Waals surface area (Å²) in [4.78, 5) is 24.0. The van der Waals surface area contributed by atoms with Gasteiger partial charge in [-0.05, 0) is 48.9 Å². The molecule has 0 unspecified atom stereocenters. The Balaban J connectivity index is 2.12. The van der Waals surface area contributed by atoms with E-state index < -0.39 is 0 Å². The van der Waals surface area contributed by atoms with Gasteiger partial charge in [0.25, 0.3) is 5.91 Å². The lowest BCUT2D eigenvalue weighted by Gasteiger charge is -2.11. The molecule has 148 valence electrons. The molecule has 0 bridgehead atoms. The molecule has 0 radical (unpaired) electrons. The molecule has 0 aliphatic heterocycles. The highest BCUT2D eigenvalue weighted by Gasteiger charge is 2.10. The third-order valence-corrected chi connectivity index (χ3v) is 3.86. The van der Waals surface area contributed by atoms with Crippen molar-refractivity contribution in [3.63, 3.8) is 0 Å². The molecule has 7 nitrogen and oxygen atoms in total. The van der Waals surface area contributed by atoms with Gasteiger partial charge < -0.3 is 24.8 Å². The van der Waals surface area contributed by atoms with E-state index in [0.29, 0.717) is 35.1 Å². The van der Waals surface area contributed by atoms with Crippen LogP contribution in [0.3, 0.4) is 0 Å². The lowest BCUT2D eigenvalue weighted by molar-refractivity contribution is -0.111. The number of ether oxygens (including phenoxy) is 3. The number of anilines is 1. The third kappa shape index (κ3) is 5.26. The van der Waals surface area contributed by atoms with Gasteiger partial charge in [0, 0.05) is 18.7 Å². The van der Waals surface area contributed by atoms with Gasteiger partial charge in [-0.2, -0.15) is 0 Å². The van der Waals surface area contributed by atoms with Gasteiger partial charge in [-0.1, -0.05) is 6.07 Å². The molecule has 28 heavy (non-hydrogen) atoms. The summed E-state index contributed by atoms with van der Waals surface area (Å²) in [5.41, 5.74) is 1.70. The van der Waals surface area contributed by atoms with E-state index in [1.165, 1.54) is 13.2 Å². The number of nitrogens with one attached hydrogen (secondary N) is 2. The molecule has 0 saturated heterocycles. The second kappa shape index (κ2) is 10.0. The fourth-order valence-corrected chi connectivity index (χ4v) is 2.49. The van der Waals surface area contributed by atoms with Gasteiger partial charge in [-0.25, -0.2) is 0 Å². The van der Waals surface area contributed by atoms with Crippen molar-refractivity contribution in [3.05, 3.63) is 53.6 Å². The molecule has 0 atom stereocenters. The molecule has 0 aromatic heterocycles. The summed E-state index contributed by atoms with van der Waals surface area (Å²) in [5, 5.41) is 5.28. The standard InChI is InChI=1S/C21H24N2O5/c1-5-28-17-10-6-14(12-19(17)27-4)7-11-20(24)23-16-9-8-15(21(25)22-2)13-18(16)26-3/h6-13H,5H2,1-4H3,(H,22,25)(H,23,24)/b11-7+. The van der Waals surface area contributed by atoms with Crippen LogP contribution < -0.4 is 24.8 Å². The van der Waals surface area contributed by atoms with Gasteiger partial charge in [-0.3, -0.25) is 9.59 Å². The molecular weight excluding hydrogens is 360 g/mol. The maximum Gasteiger partial charge on any atom is 0.251 e. The summed E-state index contributed by atoms with van der Waals surface area (Å²) < 4.78 is 16.0. The number of benzene rings is 2. The Kier molecular flexibility index (Phi) is 7.45. The Labute approximate surface area is 164 Å². The molecule has 2 aromatic carbocycles. The Morgan fingerprint density at radius 2 is 1.75 bits per heavy atom. The van der Waals surface area contributed by atoms with Gasteiger partial charge in [0.05, 0.1) is 26.5 Å². The summed E-state index contributed by atoms with van der Waals surface area (Å²) in [7, 11) is 4.58. The van der Waals surface area contributed by atoms with Crippen molar-refractivity contribution >= 4 is 23.6 Å². The van der Waals surface area contributed by atoms with Crippen LogP contribution in [0.4, 0.5) is 5.69 Å². The molecule has 0 aliphatic rings. The fraction of sp³-hybridized carbons (Fsp3) is 0.238. The molecule has 0 fully saturated rings. The van der Waals surface area contributed by atoms with Gasteiger partial charge in [0.1, 0.15) is 5.75 Å². The topological polar surface area (TPSA) is 85.9 Å². The van der Waals surface area contributed by atoms with Crippen LogP contribution in [-0.2, 0) is 4.79 Å². The van der Waals surface area contributed by atoms with Crippen LogP contribution in [-0.4, -0.2) is 39.7 Å². The van der Waals surface area contributed by atoms with E-state index in [0.717, 1.165) is 5.56 Å². The van der Waals surface area contributed by atoms with Crippen LogP contribution in [0.2, 0.25) is 0 Å². The number of hydrogen-bond acceptors (Lipinski definition) is 5. The van der Waals surface area contributed by atoms with E-state index in [1.807, 2.05) is 13.0 Å². The Morgan fingerprint density at radius 1 is 1.00 bits per heavy atom. The fourth-order valence-electron chi connectivity index (χ4n) is 2.49. The van der Waals surface area contributed by atoms with Crippen molar-refractivity contribution in [3.8, 4) is 17.2 Å². The van der Waals surface area contributed by atoms with Crippen molar-refractivity contribution in [2.45, 2.75) is 6.92 Å². The number of carbonyl (C=O) groups is 2. The first-order valence-corrected chi connectivity index (χ1v) is 8.72. The molecule has 0 saturated carbocycles. The minimum atomic E-state index is -0.334. The second-order valence-corrected chi connectivity index (χ2v) is 5.66. The molecule has 7 heteroatoms. The van der Waals surface area contributed by atoms with E-state index in [1.54, 1.807) is 50.6 Å². The Morgan fingerprint density at radius 3 is 2.39 bits per heavy atom. The van der Waals surface area contributed by atoms with Crippen LogP contribution in [0.15, 0.2) is 42.5 Å². The van der Waals surface area contributed by atoms with Crippen molar-refractivity contribution in [1.82, 2.24) is 5.32 Å². The van der Waals surface area contributed by atoms with Crippen LogP contribution in [0, 0.1) is 0 Å². The van der Waals surface area contributed by atoms with Crippen molar-refractivity contribution in [2.75, 3.05) is 33.2 Å². The first-order valence-electron chi connectivity index (χ1n) is 8.72. The summed E-state index contributed by atoms with van der Waals surface area (Å²) in [6.07, 6.45) is 3.07. The summed E-state index contributed by atoms with van der Waals surface area (Å²) in [6.45, 7) is 2.43. The van der Waals surface area contributed by atoms with Gasteiger partial charge in [-0.15, -0.1) is 0 Å². The Hall–Kier alpha value is -3.48. The third-order valence-electron chi connectivity index (χ3n) is 3.86. The molecule has 0 heterocycles. The average molecular weight is 384 g/mol. The largest absolute Gasteiger partial charge is 0.495 e. The summed E-state index contributed by atoms with van der Waals surface area (Å²) in [6, 6.07) is 10.2. The van der Waals surface area contributed by atoms with Crippen LogP contribution in [0.5, 0.6) is 17.2 Å². The molecular formula is C21H24N2O5. The molecule has 2 amide bonds. The predicted molar refractivity (Wildman–Crippen MR) is 108 cm³/mol. The maximum atomic E-state index is 12.3. The lowest BCUT2D eigenvalue weighted by atomic mass is 10.1. The van der Waals surface area contributed by atoms with E-state index in [2.05, 4.69) is 10.6 Å². The SMILES string of the molecule is CCOc1ccc(/C=C/C(=O)Nc2ccc(C(=O)NC)cc2OC)cc1OC. The summed E-state index contributed by atoms with van der Waals surface area (Å²) >= 11 is 0. The highest BCUT2D eigenvalue weighted by Crippen LogP contribution is 2.29. The maximum absolute atomic E-state index is 12.3. The molecule has 2 aromatic rings. The van der Waals surface area contributed by atoms with E-state index in [-0.39, 0.29) is 11.8 Å². The number of rotatable bonds is 8.